The highest BCUT2D eigenvalue weighted by molar-refractivity contribution is 5.80. The van der Waals surface area contributed by atoms with Crippen molar-refractivity contribution in [2.75, 3.05) is 0 Å². The fourth-order valence-corrected chi connectivity index (χ4v) is 2.24. The van der Waals surface area contributed by atoms with Crippen molar-refractivity contribution in [3.63, 3.8) is 0 Å². The maximum absolute atomic E-state index is 11.6. The average molecular weight is 285 g/mol. The SMILES string of the molecule is CC(C)(C)OC(=O)NC(CC1CCC(=O)CC1)C(=O)O. The van der Waals surface area contributed by atoms with Crippen LogP contribution in [-0.4, -0.2) is 34.6 Å². The molecule has 20 heavy (non-hydrogen) atoms. The van der Waals surface area contributed by atoms with Gasteiger partial charge in [-0.2, -0.15) is 0 Å². The van der Waals surface area contributed by atoms with Crippen molar-refractivity contribution in [3.8, 4) is 0 Å². The van der Waals surface area contributed by atoms with Gasteiger partial charge in [-0.05, 0) is 46.0 Å². The quantitative estimate of drug-likeness (QED) is 0.825. The van der Waals surface area contributed by atoms with Crippen molar-refractivity contribution < 1.29 is 24.2 Å². The lowest BCUT2D eigenvalue weighted by atomic mass is 9.84. The van der Waals surface area contributed by atoms with Crippen LogP contribution in [0.15, 0.2) is 0 Å². The van der Waals surface area contributed by atoms with Crippen molar-refractivity contribution in [3.05, 3.63) is 0 Å². The highest BCUT2D eigenvalue weighted by Gasteiger charge is 2.28. The standard InChI is InChI=1S/C14H23NO5/c1-14(2,3)20-13(19)15-11(12(17)18)8-9-4-6-10(16)7-5-9/h9,11H,4-8H2,1-3H3,(H,15,19)(H,17,18). The minimum Gasteiger partial charge on any atom is -0.480 e. The second-order valence-electron chi connectivity index (χ2n) is 6.25. The predicted octanol–water partition coefficient (Wildman–Crippen LogP) is 2.11. The molecule has 0 radical (unpaired) electrons. The lowest BCUT2D eigenvalue weighted by Gasteiger charge is -2.26. The zero-order valence-corrected chi connectivity index (χ0v) is 12.3. The lowest BCUT2D eigenvalue weighted by molar-refractivity contribution is -0.140. The summed E-state index contributed by atoms with van der Waals surface area (Å²) in [7, 11) is 0. The minimum atomic E-state index is -1.08. The fraction of sp³-hybridized carbons (Fsp3) is 0.786. The van der Waals surface area contributed by atoms with E-state index < -0.39 is 23.7 Å². The summed E-state index contributed by atoms with van der Waals surface area (Å²) in [5, 5.41) is 11.6. The largest absolute Gasteiger partial charge is 0.480 e. The molecule has 0 aromatic heterocycles. The molecule has 0 aliphatic heterocycles. The average Bonchev–Trinajstić information content (AvgIpc) is 2.28. The smallest absolute Gasteiger partial charge is 0.408 e. The van der Waals surface area contributed by atoms with Crippen molar-refractivity contribution in [2.24, 2.45) is 5.92 Å². The molecule has 1 saturated carbocycles. The number of Topliss-reactive ketones (excluding diaryl/α,β-unsaturated/α-hetero) is 1. The number of ketones is 1. The summed E-state index contributed by atoms with van der Waals surface area (Å²) in [5.74, 6) is -0.690. The number of carbonyl (C=O) groups excluding carboxylic acids is 2. The molecule has 6 heteroatoms. The molecule has 1 unspecified atom stereocenters. The number of alkyl carbamates (subject to hydrolysis) is 1. The van der Waals surface area contributed by atoms with E-state index in [1.165, 1.54) is 0 Å². The van der Waals surface area contributed by atoms with Gasteiger partial charge in [0.1, 0.15) is 17.4 Å². The summed E-state index contributed by atoms with van der Waals surface area (Å²) >= 11 is 0. The summed E-state index contributed by atoms with van der Waals surface area (Å²) in [6.07, 6.45) is 2.00. The molecule has 0 spiro atoms. The Hall–Kier alpha value is -1.59. The number of hydrogen-bond acceptors (Lipinski definition) is 4. The van der Waals surface area contributed by atoms with E-state index in [4.69, 9.17) is 9.84 Å². The Bertz CT molecular complexity index is 376. The van der Waals surface area contributed by atoms with Gasteiger partial charge >= 0.3 is 12.1 Å². The van der Waals surface area contributed by atoms with E-state index in [1.807, 2.05) is 0 Å². The highest BCUT2D eigenvalue weighted by Crippen LogP contribution is 2.25. The van der Waals surface area contributed by atoms with Gasteiger partial charge in [0.15, 0.2) is 0 Å². The molecule has 0 saturated heterocycles. The molecule has 1 aliphatic rings. The summed E-state index contributed by atoms with van der Waals surface area (Å²) in [5.41, 5.74) is -0.662. The first-order valence-corrected chi connectivity index (χ1v) is 6.91. The second kappa shape index (κ2) is 6.72. The van der Waals surface area contributed by atoms with Crippen LogP contribution in [0, 0.1) is 5.92 Å². The van der Waals surface area contributed by atoms with Crippen molar-refractivity contribution >= 4 is 17.8 Å². The summed E-state index contributed by atoms with van der Waals surface area (Å²) in [4.78, 5) is 34.0. The van der Waals surface area contributed by atoms with E-state index in [0.29, 0.717) is 32.1 Å². The van der Waals surface area contributed by atoms with Gasteiger partial charge in [-0.25, -0.2) is 9.59 Å². The number of carboxylic acids is 1. The van der Waals surface area contributed by atoms with Crippen molar-refractivity contribution in [1.29, 1.82) is 0 Å². The molecule has 2 N–H and O–H groups in total. The summed E-state index contributed by atoms with van der Waals surface area (Å²) in [6.45, 7) is 5.15. The number of amides is 1. The van der Waals surface area contributed by atoms with Gasteiger partial charge in [0.05, 0.1) is 0 Å². The third-order valence-corrected chi connectivity index (χ3v) is 3.22. The van der Waals surface area contributed by atoms with E-state index in [0.717, 1.165) is 0 Å². The second-order valence-corrected chi connectivity index (χ2v) is 6.25. The van der Waals surface area contributed by atoms with Gasteiger partial charge in [-0.1, -0.05) is 0 Å². The first-order chi connectivity index (χ1) is 9.17. The van der Waals surface area contributed by atoms with Crippen molar-refractivity contribution in [2.45, 2.75) is 64.5 Å². The van der Waals surface area contributed by atoms with Crippen LogP contribution >= 0.6 is 0 Å². The van der Waals surface area contributed by atoms with E-state index in [2.05, 4.69) is 5.32 Å². The Morgan fingerprint density at radius 2 is 1.90 bits per heavy atom. The molecule has 0 aromatic carbocycles. The third kappa shape index (κ3) is 6.04. The van der Waals surface area contributed by atoms with Gasteiger partial charge in [0, 0.05) is 12.8 Å². The predicted molar refractivity (Wildman–Crippen MR) is 72.4 cm³/mol. The Morgan fingerprint density at radius 1 is 1.35 bits per heavy atom. The molecule has 1 atom stereocenters. The molecular formula is C14H23NO5. The van der Waals surface area contributed by atoms with E-state index in [1.54, 1.807) is 20.8 Å². The molecule has 1 rings (SSSR count). The van der Waals surface area contributed by atoms with Gasteiger partial charge in [-0.15, -0.1) is 0 Å². The molecule has 1 fully saturated rings. The van der Waals surface area contributed by atoms with Crippen LogP contribution in [0.1, 0.15) is 52.9 Å². The first-order valence-electron chi connectivity index (χ1n) is 6.91. The molecule has 0 aromatic rings. The van der Waals surface area contributed by atoms with Crippen LogP contribution < -0.4 is 5.32 Å². The van der Waals surface area contributed by atoms with Crippen molar-refractivity contribution in [1.82, 2.24) is 5.32 Å². The zero-order valence-electron chi connectivity index (χ0n) is 12.3. The maximum Gasteiger partial charge on any atom is 0.408 e. The number of carboxylic acid groups (broad SMARTS) is 1. The van der Waals surface area contributed by atoms with Crippen LogP contribution in [0.5, 0.6) is 0 Å². The van der Waals surface area contributed by atoms with Gasteiger partial charge in [0.25, 0.3) is 0 Å². The fourth-order valence-electron chi connectivity index (χ4n) is 2.24. The number of nitrogens with one attached hydrogen (secondary N) is 1. The monoisotopic (exact) mass is 285 g/mol. The summed E-state index contributed by atoms with van der Waals surface area (Å²) in [6, 6.07) is -0.969. The molecule has 114 valence electrons. The van der Waals surface area contributed by atoms with E-state index >= 15 is 0 Å². The van der Waals surface area contributed by atoms with Gasteiger partial charge in [0.2, 0.25) is 0 Å². The summed E-state index contributed by atoms with van der Waals surface area (Å²) < 4.78 is 5.06. The number of hydrogen-bond donors (Lipinski definition) is 2. The molecule has 1 amide bonds. The zero-order chi connectivity index (χ0) is 15.3. The first kappa shape index (κ1) is 16.5. The van der Waals surface area contributed by atoms with Crippen LogP contribution in [0.3, 0.4) is 0 Å². The minimum absolute atomic E-state index is 0.156. The number of ether oxygens (including phenoxy) is 1. The van der Waals surface area contributed by atoms with Gasteiger partial charge < -0.3 is 15.2 Å². The lowest BCUT2D eigenvalue weighted by Crippen LogP contribution is -2.44. The molecular weight excluding hydrogens is 262 g/mol. The topological polar surface area (TPSA) is 92.7 Å². The Morgan fingerprint density at radius 3 is 2.35 bits per heavy atom. The Balaban J connectivity index is 2.50. The van der Waals surface area contributed by atoms with Gasteiger partial charge in [-0.3, -0.25) is 4.79 Å². The molecule has 1 aliphatic carbocycles. The van der Waals surface area contributed by atoms with Crippen LogP contribution in [0.25, 0.3) is 0 Å². The Labute approximate surface area is 118 Å². The number of aliphatic carboxylic acids is 1. The number of carbonyl (C=O) groups is 3. The third-order valence-electron chi connectivity index (χ3n) is 3.22. The van der Waals surface area contributed by atoms with E-state index in [-0.39, 0.29) is 11.7 Å². The van der Waals surface area contributed by atoms with Crippen LogP contribution in [-0.2, 0) is 14.3 Å². The molecule has 0 heterocycles. The van der Waals surface area contributed by atoms with E-state index in [9.17, 15) is 14.4 Å². The highest BCUT2D eigenvalue weighted by atomic mass is 16.6. The van der Waals surface area contributed by atoms with Crippen LogP contribution in [0.4, 0.5) is 4.79 Å². The number of rotatable bonds is 4. The maximum atomic E-state index is 11.6. The normalized spacial score (nSPS) is 18.4. The molecule has 6 nitrogen and oxygen atoms in total. The molecule has 0 bridgehead atoms. The Kier molecular flexibility index (Phi) is 5.53. The van der Waals surface area contributed by atoms with Crippen LogP contribution in [0.2, 0.25) is 0 Å².